The highest BCUT2D eigenvalue weighted by Crippen LogP contribution is 2.39. The minimum atomic E-state index is -0.840. The number of carbonyl (C=O) groups is 1. The van der Waals surface area contributed by atoms with E-state index >= 15 is 0 Å². The molecule has 1 saturated carbocycles. The van der Waals surface area contributed by atoms with Gasteiger partial charge in [0.2, 0.25) is 0 Å². The van der Waals surface area contributed by atoms with E-state index in [1.54, 1.807) is 0 Å². The van der Waals surface area contributed by atoms with Crippen LogP contribution in [0, 0.1) is 12.8 Å². The van der Waals surface area contributed by atoms with Crippen molar-refractivity contribution in [1.29, 1.82) is 0 Å². The Kier molecular flexibility index (Phi) is 3.53. The first-order valence-corrected chi connectivity index (χ1v) is 8.14. The summed E-state index contributed by atoms with van der Waals surface area (Å²) in [5.74, 6) is -0.794. The van der Waals surface area contributed by atoms with E-state index in [-0.39, 0.29) is 23.9 Å². The van der Waals surface area contributed by atoms with Crippen molar-refractivity contribution >= 4 is 43.5 Å². The maximum absolute atomic E-state index is 12.6. The largest absolute Gasteiger partial charge is 0.481 e. The lowest BCUT2D eigenvalue weighted by molar-refractivity contribution is -0.139. The summed E-state index contributed by atoms with van der Waals surface area (Å²) in [5.41, 5.74) is 0.124. The second-order valence-electron chi connectivity index (χ2n) is 5.40. The molecule has 1 fully saturated rings. The van der Waals surface area contributed by atoms with Crippen LogP contribution in [0.25, 0.3) is 10.2 Å². The molecule has 3 rings (SSSR count). The summed E-state index contributed by atoms with van der Waals surface area (Å²) in [5, 5.41) is 9.29. The van der Waals surface area contributed by atoms with Crippen LogP contribution in [0.3, 0.4) is 0 Å². The summed E-state index contributed by atoms with van der Waals surface area (Å²) < 4.78 is 2.08. The van der Waals surface area contributed by atoms with E-state index in [9.17, 15) is 14.4 Å². The lowest BCUT2D eigenvalue weighted by Gasteiger charge is -2.34. The number of aryl methyl sites for hydroxylation is 1. The Bertz CT molecular complexity index is 844. The smallest absolute Gasteiger partial charge is 0.329 e. The molecule has 2 N–H and O–H groups in total. The second-order valence-corrected chi connectivity index (χ2v) is 7.74. The number of aromatic amines is 1. The summed E-state index contributed by atoms with van der Waals surface area (Å²) in [6.45, 7) is 1.83. The number of carboxylic acid groups (broad SMARTS) is 1. The van der Waals surface area contributed by atoms with Crippen molar-refractivity contribution in [2.75, 3.05) is 0 Å². The van der Waals surface area contributed by atoms with Gasteiger partial charge in [-0.05, 0) is 47.2 Å². The SMILES string of the molecule is Cc1c(Br)sc2[nH]c(=O)n(C3CC(CC(=O)O)C3)c(=O)c12. The quantitative estimate of drug-likeness (QED) is 0.863. The minimum Gasteiger partial charge on any atom is -0.481 e. The van der Waals surface area contributed by atoms with E-state index in [4.69, 9.17) is 5.11 Å². The van der Waals surface area contributed by atoms with Crippen LogP contribution in [-0.2, 0) is 4.79 Å². The maximum Gasteiger partial charge on any atom is 0.329 e. The normalized spacial score (nSPS) is 21.4. The zero-order valence-electron chi connectivity index (χ0n) is 11.2. The van der Waals surface area contributed by atoms with Crippen LogP contribution < -0.4 is 11.2 Å². The molecule has 21 heavy (non-hydrogen) atoms. The third-order valence-electron chi connectivity index (χ3n) is 4.00. The van der Waals surface area contributed by atoms with Crippen LogP contribution in [0.15, 0.2) is 13.4 Å². The molecular weight excluding hydrogens is 360 g/mol. The molecule has 0 unspecified atom stereocenters. The van der Waals surface area contributed by atoms with Crippen LogP contribution in [0.1, 0.15) is 30.9 Å². The first-order chi connectivity index (χ1) is 9.88. The van der Waals surface area contributed by atoms with Crippen LogP contribution in [-0.4, -0.2) is 20.6 Å². The first kappa shape index (κ1) is 14.5. The number of halogens is 1. The van der Waals surface area contributed by atoms with Gasteiger partial charge in [0.25, 0.3) is 5.56 Å². The molecule has 0 spiro atoms. The van der Waals surface area contributed by atoms with Crippen molar-refractivity contribution in [2.45, 2.75) is 32.2 Å². The van der Waals surface area contributed by atoms with Gasteiger partial charge in [0.15, 0.2) is 0 Å². The zero-order valence-corrected chi connectivity index (χ0v) is 13.6. The molecule has 0 atom stereocenters. The molecule has 0 aromatic carbocycles. The number of nitrogens with one attached hydrogen (secondary N) is 1. The molecule has 0 aliphatic heterocycles. The van der Waals surface area contributed by atoms with Crippen molar-refractivity contribution in [3.8, 4) is 0 Å². The average molecular weight is 373 g/mol. The number of carboxylic acids is 1. The van der Waals surface area contributed by atoms with Crippen molar-refractivity contribution < 1.29 is 9.90 Å². The van der Waals surface area contributed by atoms with Crippen LogP contribution >= 0.6 is 27.3 Å². The number of H-pyrrole nitrogens is 1. The Balaban J connectivity index is 2.01. The molecule has 8 heteroatoms. The standard InChI is InChI=1S/C13H13BrN2O4S/c1-5-9-11(21-10(5)14)15-13(20)16(12(9)19)7-2-6(3-7)4-8(17)18/h6-7H,2-4H2,1H3,(H,15,20)(H,17,18). The number of nitrogens with zero attached hydrogens (tertiary/aromatic N) is 1. The molecule has 6 nitrogen and oxygen atoms in total. The van der Waals surface area contributed by atoms with Crippen molar-refractivity contribution in [2.24, 2.45) is 5.92 Å². The molecule has 2 aromatic heterocycles. The molecule has 2 aromatic rings. The van der Waals surface area contributed by atoms with E-state index < -0.39 is 11.7 Å². The lowest BCUT2D eigenvalue weighted by Crippen LogP contribution is -2.43. The molecular formula is C13H13BrN2O4S. The fourth-order valence-corrected chi connectivity index (χ4v) is 4.46. The molecule has 112 valence electrons. The zero-order chi connectivity index (χ0) is 15.3. The number of hydrogen-bond donors (Lipinski definition) is 2. The van der Waals surface area contributed by atoms with E-state index in [2.05, 4.69) is 20.9 Å². The Morgan fingerprint density at radius 2 is 2.14 bits per heavy atom. The van der Waals surface area contributed by atoms with Crippen molar-refractivity contribution in [1.82, 2.24) is 9.55 Å². The topological polar surface area (TPSA) is 92.2 Å². The number of thiophene rings is 1. The Morgan fingerprint density at radius 3 is 2.76 bits per heavy atom. The van der Waals surface area contributed by atoms with E-state index in [0.29, 0.717) is 23.1 Å². The van der Waals surface area contributed by atoms with Crippen molar-refractivity contribution in [3.05, 3.63) is 30.2 Å². The average Bonchev–Trinajstić information content (AvgIpc) is 2.61. The van der Waals surface area contributed by atoms with Crippen LogP contribution in [0.4, 0.5) is 0 Å². The third-order valence-corrected chi connectivity index (χ3v) is 6.08. The third kappa shape index (κ3) is 2.36. The van der Waals surface area contributed by atoms with Crippen LogP contribution in [0.2, 0.25) is 0 Å². The molecule has 2 heterocycles. The van der Waals surface area contributed by atoms with Gasteiger partial charge in [0.1, 0.15) is 4.83 Å². The van der Waals surface area contributed by atoms with E-state index in [1.165, 1.54) is 15.9 Å². The van der Waals surface area contributed by atoms with E-state index in [0.717, 1.165) is 9.35 Å². The fraction of sp³-hybridized carbons (Fsp3) is 0.462. The number of fused-ring (bicyclic) bond motifs is 1. The Morgan fingerprint density at radius 1 is 1.48 bits per heavy atom. The van der Waals surface area contributed by atoms with Gasteiger partial charge in [-0.25, -0.2) is 4.79 Å². The summed E-state index contributed by atoms with van der Waals surface area (Å²) in [6.07, 6.45) is 1.21. The van der Waals surface area contributed by atoms with E-state index in [1.807, 2.05) is 6.92 Å². The summed E-state index contributed by atoms with van der Waals surface area (Å²) >= 11 is 4.71. The molecule has 1 aliphatic carbocycles. The minimum absolute atomic E-state index is 0.0461. The van der Waals surface area contributed by atoms with Crippen LogP contribution in [0.5, 0.6) is 0 Å². The maximum atomic E-state index is 12.6. The lowest BCUT2D eigenvalue weighted by atomic mass is 9.78. The van der Waals surface area contributed by atoms with Gasteiger partial charge in [0, 0.05) is 12.5 Å². The summed E-state index contributed by atoms with van der Waals surface area (Å²) in [7, 11) is 0. The van der Waals surface area contributed by atoms with Gasteiger partial charge >= 0.3 is 11.7 Å². The highest BCUT2D eigenvalue weighted by molar-refractivity contribution is 9.11. The monoisotopic (exact) mass is 372 g/mol. The first-order valence-electron chi connectivity index (χ1n) is 6.53. The predicted molar refractivity (Wildman–Crippen MR) is 83.2 cm³/mol. The highest BCUT2D eigenvalue weighted by atomic mass is 79.9. The molecule has 0 radical (unpaired) electrons. The number of aromatic nitrogens is 2. The Hall–Kier alpha value is -1.41. The number of hydrogen-bond acceptors (Lipinski definition) is 4. The number of rotatable bonds is 3. The highest BCUT2D eigenvalue weighted by Gasteiger charge is 2.34. The Labute approximate surface area is 131 Å². The van der Waals surface area contributed by atoms with Gasteiger partial charge in [-0.3, -0.25) is 19.1 Å². The second kappa shape index (κ2) is 5.10. The van der Waals surface area contributed by atoms with Gasteiger partial charge in [0.05, 0.1) is 9.17 Å². The van der Waals surface area contributed by atoms with Gasteiger partial charge in [-0.2, -0.15) is 0 Å². The molecule has 0 saturated heterocycles. The van der Waals surface area contributed by atoms with Gasteiger partial charge in [-0.1, -0.05) is 0 Å². The van der Waals surface area contributed by atoms with Gasteiger partial charge in [-0.15, -0.1) is 11.3 Å². The molecule has 1 aliphatic rings. The van der Waals surface area contributed by atoms with Crippen molar-refractivity contribution in [3.63, 3.8) is 0 Å². The molecule has 0 bridgehead atoms. The predicted octanol–water partition coefficient (Wildman–Crippen LogP) is 2.25. The molecule has 0 amide bonds. The van der Waals surface area contributed by atoms with Gasteiger partial charge < -0.3 is 5.11 Å². The summed E-state index contributed by atoms with van der Waals surface area (Å²) in [4.78, 5) is 38.7. The number of aliphatic carboxylic acids is 1. The summed E-state index contributed by atoms with van der Waals surface area (Å²) in [6, 6.07) is -0.201. The fourth-order valence-electron chi connectivity index (χ4n) is 2.86.